The Morgan fingerprint density at radius 2 is 2.20 bits per heavy atom. The zero-order valence-electron chi connectivity index (χ0n) is 17.2. The number of nitrogens with one attached hydrogen (secondary N) is 1. The van der Waals surface area contributed by atoms with Crippen LogP contribution in [0, 0.1) is 11.7 Å². The van der Waals surface area contributed by atoms with E-state index in [1.807, 2.05) is 4.90 Å². The molecule has 30 heavy (non-hydrogen) atoms. The summed E-state index contributed by atoms with van der Waals surface area (Å²) < 4.78 is 19.5. The van der Waals surface area contributed by atoms with Crippen molar-refractivity contribution in [1.29, 1.82) is 0 Å². The summed E-state index contributed by atoms with van der Waals surface area (Å²) >= 11 is 7.62. The molecule has 1 saturated heterocycles. The Morgan fingerprint density at radius 1 is 1.40 bits per heavy atom. The molecule has 1 aromatic carbocycles. The van der Waals surface area contributed by atoms with E-state index < -0.39 is 5.82 Å². The van der Waals surface area contributed by atoms with Crippen LogP contribution >= 0.6 is 22.9 Å². The molecule has 0 saturated carbocycles. The lowest BCUT2D eigenvalue weighted by Gasteiger charge is -2.32. The van der Waals surface area contributed by atoms with E-state index in [0.717, 1.165) is 73.0 Å². The van der Waals surface area contributed by atoms with Gasteiger partial charge in [0, 0.05) is 49.0 Å². The van der Waals surface area contributed by atoms with Crippen molar-refractivity contribution in [2.45, 2.75) is 45.4 Å². The van der Waals surface area contributed by atoms with E-state index in [4.69, 9.17) is 21.3 Å². The van der Waals surface area contributed by atoms with E-state index in [2.05, 4.69) is 12.2 Å². The Balaban J connectivity index is 1.37. The second-order valence-corrected chi connectivity index (χ2v) is 9.45. The van der Waals surface area contributed by atoms with E-state index in [1.165, 1.54) is 6.07 Å². The van der Waals surface area contributed by atoms with Crippen molar-refractivity contribution in [1.82, 2.24) is 9.88 Å². The van der Waals surface area contributed by atoms with Crippen molar-refractivity contribution in [3.05, 3.63) is 27.8 Å². The number of thiazole rings is 1. The highest BCUT2D eigenvalue weighted by Gasteiger charge is 2.24. The van der Waals surface area contributed by atoms with Gasteiger partial charge < -0.3 is 15.0 Å². The third-order valence-corrected chi connectivity index (χ3v) is 7.18. The number of ether oxygens (including phenoxy) is 1. The van der Waals surface area contributed by atoms with Crippen LogP contribution < -0.4 is 10.1 Å². The Bertz CT molecular complexity index is 912. The molecule has 5 nitrogen and oxygen atoms in total. The van der Waals surface area contributed by atoms with Crippen LogP contribution in [0.1, 0.15) is 43.9 Å². The molecular formula is C22H27ClFN3O2S. The summed E-state index contributed by atoms with van der Waals surface area (Å²) in [6, 6.07) is 2.94. The number of amides is 1. The summed E-state index contributed by atoms with van der Waals surface area (Å²) in [5.74, 6) is 0.838. The number of anilines is 1. The molecule has 2 aliphatic heterocycles. The fourth-order valence-electron chi connectivity index (χ4n) is 4.00. The first-order valence-corrected chi connectivity index (χ1v) is 11.9. The van der Waals surface area contributed by atoms with E-state index in [-0.39, 0.29) is 5.02 Å². The number of likely N-dealkylation sites (tertiary alicyclic amines) is 1. The number of rotatable bonds is 6. The third kappa shape index (κ3) is 4.72. The zero-order chi connectivity index (χ0) is 21.1. The summed E-state index contributed by atoms with van der Waals surface area (Å²) in [5, 5.41) is 4.43. The van der Waals surface area contributed by atoms with Gasteiger partial charge in [-0.1, -0.05) is 24.9 Å². The van der Waals surface area contributed by atoms with Gasteiger partial charge in [-0.2, -0.15) is 0 Å². The lowest BCUT2D eigenvalue weighted by Crippen LogP contribution is -2.39. The summed E-state index contributed by atoms with van der Waals surface area (Å²) in [5.41, 5.74) is 1.57. The minimum atomic E-state index is -0.480. The second kappa shape index (κ2) is 9.52. The van der Waals surface area contributed by atoms with Gasteiger partial charge in [-0.3, -0.25) is 4.79 Å². The number of benzene rings is 1. The quantitative estimate of drug-likeness (QED) is 0.640. The molecule has 1 N–H and O–H groups in total. The average molecular weight is 452 g/mol. The highest BCUT2D eigenvalue weighted by atomic mass is 35.5. The van der Waals surface area contributed by atoms with Crippen LogP contribution in [0.4, 0.5) is 9.52 Å². The third-order valence-electron chi connectivity index (χ3n) is 5.82. The van der Waals surface area contributed by atoms with Crippen LogP contribution in [0.3, 0.4) is 0 Å². The molecular weight excluding hydrogens is 425 g/mol. The van der Waals surface area contributed by atoms with Gasteiger partial charge >= 0.3 is 0 Å². The number of carbonyl (C=O) groups is 1. The number of fused-ring (bicyclic) bond motifs is 3. The number of hydrogen-bond donors (Lipinski definition) is 1. The number of piperidine rings is 1. The molecule has 8 heteroatoms. The molecule has 162 valence electrons. The molecule has 2 aliphatic rings. The molecule has 0 spiro atoms. The first-order chi connectivity index (χ1) is 14.5. The maximum atomic E-state index is 13.8. The zero-order valence-corrected chi connectivity index (χ0v) is 18.8. The van der Waals surface area contributed by atoms with Gasteiger partial charge in [0.2, 0.25) is 5.91 Å². The number of unbranched alkanes of at least 4 members (excludes halogenated alkanes) is 1. The van der Waals surface area contributed by atoms with Crippen molar-refractivity contribution >= 4 is 34.0 Å². The summed E-state index contributed by atoms with van der Waals surface area (Å²) in [6.45, 7) is 5.14. The van der Waals surface area contributed by atoms with Crippen LogP contribution in [0.2, 0.25) is 5.02 Å². The first-order valence-electron chi connectivity index (χ1n) is 10.7. The predicted molar refractivity (Wildman–Crippen MR) is 119 cm³/mol. The minimum Gasteiger partial charge on any atom is -0.492 e. The van der Waals surface area contributed by atoms with Crippen LogP contribution in [0.5, 0.6) is 5.75 Å². The van der Waals surface area contributed by atoms with Crippen LogP contribution in [0.25, 0.3) is 11.3 Å². The number of halogens is 2. The van der Waals surface area contributed by atoms with Gasteiger partial charge in [0.05, 0.1) is 17.3 Å². The molecule has 1 fully saturated rings. The molecule has 0 atom stereocenters. The highest BCUT2D eigenvalue weighted by Crippen LogP contribution is 2.41. The lowest BCUT2D eigenvalue weighted by atomic mass is 9.96. The molecule has 1 aromatic heterocycles. The fourth-order valence-corrected chi connectivity index (χ4v) is 5.13. The monoisotopic (exact) mass is 451 g/mol. The molecule has 0 radical (unpaired) electrons. The maximum absolute atomic E-state index is 13.8. The number of hydrogen-bond acceptors (Lipinski definition) is 5. The Hall–Kier alpha value is -1.86. The Kier molecular flexibility index (Phi) is 6.78. The topological polar surface area (TPSA) is 54.5 Å². The van der Waals surface area contributed by atoms with Gasteiger partial charge in [-0.25, -0.2) is 9.37 Å². The number of nitrogens with zero attached hydrogens (tertiary/aromatic N) is 2. The average Bonchev–Trinajstić information content (AvgIpc) is 3.09. The summed E-state index contributed by atoms with van der Waals surface area (Å²) in [6.07, 6.45) is 5.47. The van der Waals surface area contributed by atoms with E-state index >= 15 is 0 Å². The van der Waals surface area contributed by atoms with Crippen LogP contribution in [-0.4, -0.2) is 42.0 Å². The van der Waals surface area contributed by atoms with E-state index in [0.29, 0.717) is 30.6 Å². The van der Waals surface area contributed by atoms with Gasteiger partial charge in [0.25, 0.3) is 0 Å². The molecule has 1 amide bonds. The van der Waals surface area contributed by atoms with Crippen LogP contribution in [-0.2, 0) is 11.2 Å². The first kappa shape index (κ1) is 21.4. The van der Waals surface area contributed by atoms with E-state index in [9.17, 15) is 9.18 Å². The van der Waals surface area contributed by atoms with Crippen molar-refractivity contribution in [2.75, 3.05) is 31.6 Å². The largest absolute Gasteiger partial charge is 0.492 e. The maximum Gasteiger partial charge on any atom is 0.222 e. The second-order valence-electron chi connectivity index (χ2n) is 7.96. The SMILES string of the molecule is CCCCC(=O)N1CCC(CNc2nc3c(s2)CCOc2cc(F)c(Cl)cc2-3)CC1. The molecule has 0 aliphatic carbocycles. The lowest BCUT2D eigenvalue weighted by molar-refractivity contribution is -0.132. The van der Waals surface area contributed by atoms with Gasteiger partial charge in [-0.15, -0.1) is 11.3 Å². The summed E-state index contributed by atoms with van der Waals surface area (Å²) in [7, 11) is 0. The Labute approximate surface area is 185 Å². The van der Waals surface area contributed by atoms with Crippen molar-refractivity contribution in [3.8, 4) is 17.0 Å². The standard InChI is InChI=1S/C22H27ClFN3O2S/c1-2-3-4-20(28)27-8-5-14(6-9-27)13-25-22-26-21-15-11-16(23)17(24)12-18(15)29-10-7-19(21)30-22/h11-12,14H,2-10,13H2,1H3,(H,25,26). The predicted octanol–water partition coefficient (Wildman–Crippen LogP) is 5.38. The van der Waals surface area contributed by atoms with Crippen molar-refractivity contribution in [2.24, 2.45) is 5.92 Å². The van der Waals surface area contributed by atoms with E-state index in [1.54, 1.807) is 17.4 Å². The van der Waals surface area contributed by atoms with Crippen molar-refractivity contribution < 1.29 is 13.9 Å². The molecule has 0 bridgehead atoms. The Morgan fingerprint density at radius 3 is 2.97 bits per heavy atom. The highest BCUT2D eigenvalue weighted by molar-refractivity contribution is 7.16. The normalized spacial score (nSPS) is 16.4. The molecule has 3 heterocycles. The van der Waals surface area contributed by atoms with Crippen LogP contribution in [0.15, 0.2) is 12.1 Å². The van der Waals surface area contributed by atoms with Gasteiger partial charge in [-0.05, 0) is 31.2 Å². The van der Waals surface area contributed by atoms with Gasteiger partial charge in [0.15, 0.2) is 5.13 Å². The number of aromatic nitrogens is 1. The molecule has 0 unspecified atom stereocenters. The number of carbonyl (C=O) groups excluding carboxylic acids is 1. The molecule has 2 aromatic rings. The van der Waals surface area contributed by atoms with Crippen molar-refractivity contribution in [3.63, 3.8) is 0 Å². The summed E-state index contributed by atoms with van der Waals surface area (Å²) in [4.78, 5) is 20.1. The molecule has 4 rings (SSSR count). The minimum absolute atomic E-state index is 0.0768. The van der Waals surface area contributed by atoms with Gasteiger partial charge in [0.1, 0.15) is 11.6 Å². The smallest absolute Gasteiger partial charge is 0.222 e. The fraction of sp³-hybridized carbons (Fsp3) is 0.545.